The van der Waals surface area contributed by atoms with Crippen molar-refractivity contribution in [3.05, 3.63) is 59.9 Å². The molecule has 0 unspecified atom stereocenters. The molecule has 0 aliphatic rings. The molecule has 1 aromatic heterocycles. The smallest absolute Gasteiger partial charge is 0.123 e. The molecule has 0 bridgehead atoms. The largest absolute Gasteiger partial charge is 0.354 e. The standard InChI is InChI=1S/C20H23FN2/c1-3-12-23(2)13-11-18-17-9-4-5-10-19(17)22-20(18)15-7-6-8-16(21)14-15/h4-10,14,22H,3,11-13H2,1-2H3. The summed E-state index contributed by atoms with van der Waals surface area (Å²) in [7, 11) is 2.15. The molecular weight excluding hydrogens is 287 g/mol. The van der Waals surface area contributed by atoms with Gasteiger partial charge in [0, 0.05) is 28.7 Å². The molecule has 0 spiro atoms. The summed E-state index contributed by atoms with van der Waals surface area (Å²) in [6.45, 7) is 4.29. The highest BCUT2D eigenvalue weighted by Crippen LogP contribution is 2.31. The molecule has 1 heterocycles. The van der Waals surface area contributed by atoms with Crippen molar-refractivity contribution in [2.45, 2.75) is 19.8 Å². The number of aromatic nitrogens is 1. The Morgan fingerprint density at radius 3 is 2.65 bits per heavy atom. The average molecular weight is 310 g/mol. The van der Waals surface area contributed by atoms with E-state index in [1.54, 1.807) is 12.1 Å². The Morgan fingerprint density at radius 2 is 1.87 bits per heavy atom. The Labute approximate surface area is 136 Å². The molecule has 2 nitrogen and oxygen atoms in total. The predicted molar refractivity (Wildman–Crippen MR) is 95.2 cm³/mol. The summed E-state index contributed by atoms with van der Waals surface area (Å²) in [5, 5.41) is 1.23. The molecule has 0 saturated heterocycles. The lowest BCUT2D eigenvalue weighted by Crippen LogP contribution is -2.22. The topological polar surface area (TPSA) is 19.0 Å². The number of hydrogen-bond donors (Lipinski definition) is 1. The van der Waals surface area contributed by atoms with Crippen molar-refractivity contribution in [1.29, 1.82) is 0 Å². The first-order valence-electron chi connectivity index (χ1n) is 8.23. The van der Waals surface area contributed by atoms with Crippen LogP contribution in [0.3, 0.4) is 0 Å². The van der Waals surface area contributed by atoms with Crippen LogP contribution in [0.2, 0.25) is 0 Å². The van der Waals surface area contributed by atoms with Gasteiger partial charge in [-0.05, 0) is 50.2 Å². The van der Waals surface area contributed by atoms with Crippen LogP contribution in [0.15, 0.2) is 48.5 Å². The molecule has 23 heavy (non-hydrogen) atoms. The van der Waals surface area contributed by atoms with E-state index in [1.165, 1.54) is 17.0 Å². The van der Waals surface area contributed by atoms with Gasteiger partial charge in [-0.25, -0.2) is 4.39 Å². The Kier molecular flexibility index (Phi) is 4.77. The average Bonchev–Trinajstić information content (AvgIpc) is 2.92. The van der Waals surface area contributed by atoms with Crippen molar-refractivity contribution < 1.29 is 4.39 Å². The minimum atomic E-state index is -0.199. The van der Waals surface area contributed by atoms with Gasteiger partial charge in [-0.1, -0.05) is 37.3 Å². The summed E-state index contributed by atoms with van der Waals surface area (Å²) >= 11 is 0. The Morgan fingerprint density at radius 1 is 1.04 bits per heavy atom. The number of H-pyrrole nitrogens is 1. The fourth-order valence-corrected chi connectivity index (χ4v) is 3.15. The molecule has 3 rings (SSSR count). The molecule has 0 fully saturated rings. The molecule has 1 N–H and O–H groups in total. The van der Waals surface area contributed by atoms with Gasteiger partial charge in [0.15, 0.2) is 0 Å². The number of halogens is 1. The van der Waals surface area contributed by atoms with Gasteiger partial charge >= 0.3 is 0 Å². The number of aromatic amines is 1. The molecule has 0 atom stereocenters. The second-order valence-corrected chi connectivity index (χ2v) is 6.09. The van der Waals surface area contributed by atoms with E-state index in [9.17, 15) is 4.39 Å². The molecular formula is C20H23FN2. The van der Waals surface area contributed by atoms with Crippen molar-refractivity contribution in [3.8, 4) is 11.3 Å². The van der Waals surface area contributed by atoms with Crippen LogP contribution in [0, 0.1) is 5.82 Å². The minimum absolute atomic E-state index is 0.199. The van der Waals surface area contributed by atoms with E-state index < -0.39 is 0 Å². The number of benzene rings is 2. The second kappa shape index (κ2) is 6.97. The first-order valence-corrected chi connectivity index (χ1v) is 8.23. The van der Waals surface area contributed by atoms with Gasteiger partial charge < -0.3 is 9.88 Å². The predicted octanol–water partition coefficient (Wildman–Crippen LogP) is 4.86. The maximum Gasteiger partial charge on any atom is 0.123 e. The number of fused-ring (bicyclic) bond motifs is 1. The highest BCUT2D eigenvalue weighted by molar-refractivity contribution is 5.90. The number of likely N-dealkylation sites (N-methyl/N-ethyl adjacent to an activating group) is 1. The maximum absolute atomic E-state index is 13.6. The molecule has 0 saturated carbocycles. The number of para-hydroxylation sites is 1. The molecule has 0 aliphatic heterocycles. The van der Waals surface area contributed by atoms with Crippen LogP contribution in [0.5, 0.6) is 0 Å². The van der Waals surface area contributed by atoms with Gasteiger partial charge in [0.25, 0.3) is 0 Å². The SMILES string of the molecule is CCCN(C)CCc1c(-c2cccc(F)c2)[nH]c2ccccc12. The van der Waals surface area contributed by atoms with Crippen molar-refractivity contribution in [2.75, 3.05) is 20.1 Å². The van der Waals surface area contributed by atoms with Gasteiger partial charge in [0.2, 0.25) is 0 Å². The third kappa shape index (κ3) is 3.45. The van der Waals surface area contributed by atoms with E-state index in [-0.39, 0.29) is 5.82 Å². The fraction of sp³-hybridized carbons (Fsp3) is 0.300. The second-order valence-electron chi connectivity index (χ2n) is 6.09. The minimum Gasteiger partial charge on any atom is -0.354 e. The van der Waals surface area contributed by atoms with Crippen molar-refractivity contribution in [1.82, 2.24) is 9.88 Å². The van der Waals surface area contributed by atoms with Crippen LogP contribution in [-0.4, -0.2) is 30.0 Å². The van der Waals surface area contributed by atoms with Crippen molar-refractivity contribution in [3.63, 3.8) is 0 Å². The van der Waals surface area contributed by atoms with Crippen molar-refractivity contribution >= 4 is 10.9 Å². The van der Waals surface area contributed by atoms with Crippen LogP contribution in [0.4, 0.5) is 4.39 Å². The van der Waals surface area contributed by atoms with Gasteiger partial charge in [-0.3, -0.25) is 0 Å². The molecule has 0 radical (unpaired) electrons. The number of nitrogens with zero attached hydrogens (tertiary/aromatic N) is 1. The summed E-state index contributed by atoms with van der Waals surface area (Å²) in [4.78, 5) is 5.82. The van der Waals surface area contributed by atoms with Crippen molar-refractivity contribution in [2.24, 2.45) is 0 Å². The zero-order valence-electron chi connectivity index (χ0n) is 13.8. The zero-order chi connectivity index (χ0) is 16.2. The van der Waals surface area contributed by atoms with E-state index in [2.05, 4.69) is 42.1 Å². The number of hydrogen-bond acceptors (Lipinski definition) is 1. The van der Waals surface area contributed by atoms with Crippen LogP contribution >= 0.6 is 0 Å². The molecule has 3 aromatic rings. The van der Waals surface area contributed by atoms with E-state index in [1.807, 2.05) is 12.1 Å². The number of rotatable bonds is 6. The van der Waals surface area contributed by atoms with Gasteiger partial charge in [-0.2, -0.15) is 0 Å². The summed E-state index contributed by atoms with van der Waals surface area (Å²) in [6.07, 6.45) is 2.10. The summed E-state index contributed by atoms with van der Waals surface area (Å²) < 4.78 is 13.6. The van der Waals surface area contributed by atoms with E-state index in [0.29, 0.717) is 0 Å². The quantitative estimate of drug-likeness (QED) is 0.689. The van der Waals surface area contributed by atoms with Crippen LogP contribution in [-0.2, 0) is 6.42 Å². The lowest BCUT2D eigenvalue weighted by atomic mass is 10.0. The maximum atomic E-state index is 13.6. The Balaban J connectivity index is 2.01. The summed E-state index contributed by atoms with van der Waals surface area (Å²) in [6, 6.07) is 15.1. The van der Waals surface area contributed by atoms with Gasteiger partial charge in [-0.15, -0.1) is 0 Å². The molecule has 0 amide bonds. The van der Waals surface area contributed by atoms with Crippen LogP contribution in [0.25, 0.3) is 22.2 Å². The summed E-state index contributed by atoms with van der Waals surface area (Å²) in [5.74, 6) is -0.199. The zero-order valence-corrected chi connectivity index (χ0v) is 13.8. The third-order valence-electron chi connectivity index (χ3n) is 4.28. The fourth-order valence-electron chi connectivity index (χ4n) is 3.15. The molecule has 3 heteroatoms. The monoisotopic (exact) mass is 310 g/mol. The van der Waals surface area contributed by atoms with E-state index >= 15 is 0 Å². The first kappa shape index (κ1) is 15.8. The van der Waals surface area contributed by atoms with Gasteiger partial charge in [0.1, 0.15) is 5.82 Å². The molecule has 2 aromatic carbocycles. The third-order valence-corrected chi connectivity index (χ3v) is 4.28. The molecule has 0 aliphatic carbocycles. The first-order chi connectivity index (χ1) is 11.2. The van der Waals surface area contributed by atoms with E-state index in [4.69, 9.17) is 0 Å². The Bertz CT molecular complexity index is 791. The summed E-state index contributed by atoms with van der Waals surface area (Å²) in [5.41, 5.74) is 4.33. The van der Waals surface area contributed by atoms with Gasteiger partial charge in [0.05, 0.1) is 0 Å². The lowest BCUT2D eigenvalue weighted by Gasteiger charge is -2.15. The Hall–Kier alpha value is -2.13. The van der Waals surface area contributed by atoms with Crippen LogP contribution in [0.1, 0.15) is 18.9 Å². The highest BCUT2D eigenvalue weighted by Gasteiger charge is 2.13. The van der Waals surface area contributed by atoms with E-state index in [0.717, 1.165) is 42.7 Å². The highest BCUT2D eigenvalue weighted by atomic mass is 19.1. The molecule has 120 valence electrons. The number of nitrogens with one attached hydrogen (secondary N) is 1. The lowest BCUT2D eigenvalue weighted by molar-refractivity contribution is 0.339. The van der Waals surface area contributed by atoms with Crippen LogP contribution < -0.4 is 0 Å². The normalized spacial score (nSPS) is 11.5.